The van der Waals surface area contributed by atoms with Crippen LogP contribution in [0.3, 0.4) is 0 Å². The molecular formula is C18H19FN2O5. The highest BCUT2D eigenvalue weighted by atomic mass is 19.1. The Balaban J connectivity index is 2.39. The van der Waals surface area contributed by atoms with Gasteiger partial charge in [-0.25, -0.2) is 4.39 Å². The number of hydrogen-bond acceptors (Lipinski definition) is 5. The maximum atomic E-state index is 13.6. The van der Waals surface area contributed by atoms with E-state index >= 15 is 0 Å². The number of hydrogen-bond donors (Lipinski definition) is 2. The lowest BCUT2D eigenvalue weighted by Crippen LogP contribution is -2.15. The van der Waals surface area contributed by atoms with Crippen LogP contribution in [0, 0.1) is 5.82 Å². The number of benzene rings is 2. The summed E-state index contributed by atoms with van der Waals surface area (Å²) in [5, 5.41) is 5.10. The molecule has 0 aliphatic rings. The first-order valence-corrected chi connectivity index (χ1v) is 7.58. The number of carbonyl (C=O) groups excluding carboxylic acids is 2. The van der Waals surface area contributed by atoms with Gasteiger partial charge in [-0.1, -0.05) is 0 Å². The Morgan fingerprint density at radius 1 is 0.885 bits per heavy atom. The van der Waals surface area contributed by atoms with Crippen molar-refractivity contribution in [3.05, 3.63) is 41.7 Å². The molecule has 2 rings (SSSR count). The summed E-state index contributed by atoms with van der Waals surface area (Å²) in [6.07, 6.45) is 0. The molecule has 0 heterocycles. The third-order valence-electron chi connectivity index (χ3n) is 3.47. The predicted octanol–water partition coefficient (Wildman–Crippen LogP) is 3.06. The second-order valence-corrected chi connectivity index (χ2v) is 5.24. The fourth-order valence-corrected chi connectivity index (χ4v) is 2.33. The average Bonchev–Trinajstić information content (AvgIpc) is 2.62. The first kappa shape index (κ1) is 19.0. The van der Waals surface area contributed by atoms with E-state index in [1.54, 1.807) is 0 Å². The van der Waals surface area contributed by atoms with Crippen LogP contribution in [-0.2, 0) is 4.79 Å². The molecule has 2 aromatic carbocycles. The third kappa shape index (κ3) is 4.21. The van der Waals surface area contributed by atoms with Gasteiger partial charge in [-0.2, -0.15) is 0 Å². The Labute approximate surface area is 150 Å². The van der Waals surface area contributed by atoms with Gasteiger partial charge >= 0.3 is 0 Å². The normalized spacial score (nSPS) is 10.0. The number of methoxy groups -OCH3 is 3. The summed E-state index contributed by atoms with van der Waals surface area (Å²) in [6, 6.07) is 6.59. The Morgan fingerprint density at radius 3 is 2.00 bits per heavy atom. The van der Waals surface area contributed by atoms with Gasteiger partial charge in [0.05, 0.1) is 32.7 Å². The van der Waals surface area contributed by atoms with E-state index in [9.17, 15) is 14.0 Å². The van der Waals surface area contributed by atoms with Gasteiger partial charge in [0, 0.05) is 12.5 Å². The molecule has 0 fully saturated rings. The van der Waals surface area contributed by atoms with Gasteiger partial charge in [0.15, 0.2) is 11.5 Å². The van der Waals surface area contributed by atoms with Gasteiger partial charge in [-0.05, 0) is 30.3 Å². The molecular weight excluding hydrogens is 343 g/mol. The van der Waals surface area contributed by atoms with Crippen molar-refractivity contribution in [1.82, 2.24) is 0 Å². The van der Waals surface area contributed by atoms with E-state index in [1.807, 2.05) is 0 Å². The van der Waals surface area contributed by atoms with E-state index in [4.69, 9.17) is 14.2 Å². The molecule has 0 spiro atoms. The first-order chi connectivity index (χ1) is 12.4. The number of rotatable bonds is 6. The van der Waals surface area contributed by atoms with Crippen LogP contribution >= 0.6 is 0 Å². The molecule has 138 valence electrons. The molecule has 8 heteroatoms. The van der Waals surface area contributed by atoms with Crippen LogP contribution in [0.1, 0.15) is 17.3 Å². The van der Waals surface area contributed by atoms with Gasteiger partial charge in [-0.3, -0.25) is 9.59 Å². The average molecular weight is 362 g/mol. The summed E-state index contributed by atoms with van der Waals surface area (Å²) in [7, 11) is 4.31. The summed E-state index contributed by atoms with van der Waals surface area (Å²) in [6.45, 7) is 1.31. The van der Waals surface area contributed by atoms with Gasteiger partial charge in [-0.15, -0.1) is 0 Å². The highest BCUT2D eigenvalue weighted by Crippen LogP contribution is 2.38. The Hall–Kier alpha value is -3.29. The van der Waals surface area contributed by atoms with Crippen LogP contribution in [0.5, 0.6) is 17.2 Å². The van der Waals surface area contributed by atoms with Crippen molar-refractivity contribution in [3.8, 4) is 17.2 Å². The largest absolute Gasteiger partial charge is 0.493 e. The maximum absolute atomic E-state index is 13.6. The van der Waals surface area contributed by atoms with Crippen molar-refractivity contribution < 1.29 is 28.2 Å². The molecule has 26 heavy (non-hydrogen) atoms. The lowest BCUT2D eigenvalue weighted by Gasteiger charge is -2.15. The lowest BCUT2D eigenvalue weighted by atomic mass is 10.1. The van der Waals surface area contributed by atoms with Gasteiger partial charge < -0.3 is 24.8 Å². The van der Waals surface area contributed by atoms with Crippen molar-refractivity contribution in [3.63, 3.8) is 0 Å². The smallest absolute Gasteiger partial charge is 0.256 e. The molecule has 0 aliphatic carbocycles. The summed E-state index contributed by atoms with van der Waals surface area (Å²) in [5.41, 5.74) is 0.608. The minimum absolute atomic E-state index is 0.124. The van der Waals surface area contributed by atoms with Crippen LogP contribution in [-0.4, -0.2) is 33.1 Å². The highest BCUT2D eigenvalue weighted by molar-refractivity contribution is 6.07. The number of anilines is 2. The standard InChI is InChI=1S/C18H19FN2O5/c1-10(22)20-13-6-5-12(19)9-14(13)21-18(23)11-7-15(24-2)17(26-4)16(8-11)25-3/h5-9H,1-4H3,(H,20,22)(H,21,23). The zero-order valence-electron chi connectivity index (χ0n) is 14.8. The van der Waals surface area contributed by atoms with E-state index in [0.29, 0.717) is 17.2 Å². The molecule has 2 N–H and O–H groups in total. The topological polar surface area (TPSA) is 85.9 Å². The van der Waals surface area contributed by atoms with Crippen molar-refractivity contribution in [2.45, 2.75) is 6.92 Å². The van der Waals surface area contributed by atoms with Crippen LogP contribution < -0.4 is 24.8 Å². The van der Waals surface area contributed by atoms with E-state index in [2.05, 4.69) is 10.6 Å². The highest BCUT2D eigenvalue weighted by Gasteiger charge is 2.18. The van der Waals surface area contributed by atoms with Crippen molar-refractivity contribution >= 4 is 23.2 Å². The molecule has 0 saturated heterocycles. The summed E-state index contributed by atoms with van der Waals surface area (Å²) >= 11 is 0. The monoisotopic (exact) mass is 362 g/mol. The van der Waals surface area contributed by atoms with E-state index < -0.39 is 11.7 Å². The number of halogens is 1. The summed E-state index contributed by atoms with van der Waals surface area (Å²) in [5.74, 6) is -0.492. The molecule has 0 atom stereocenters. The SMILES string of the molecule is COc1cc(C(=O)Nc2cc(F)ccc2NC(C)=O)cc(OC)c1OC. The zero-order valence-corrected chi connectivity index (χ0v) is 14.8. The second-order valence-electron chi connectivity index (χ2n) is 5.24. The van der Waals surface area contributed by atoms with Crippen LogP contribution in [0.15, 0.2) is 30.3 Å². The Kier molecular flexibility index (Phi) is 6.00. The molecule has 2 amide bonds. The number of carbonyl (C=O) groups is 2. The molecule has 0 radical (unpaired) electrons. The number of nitrogens with one attached hydrogen (secondary N) is 2. The summed E-state index contributed by atoms with van der Waals surface area (Å²) < 4.78 is 29.2. The van der Waals surface area contributed by atoms with Crippen molar-refractivity contribution in [2.75, 3.05) is 32.0 Å². The van der Waals surface area contributed by atoms with Crippen molar-refractivity contribution in [2.24, 2.45) is 0 Å². The molecule has 0 unspecified atom stereocenters. The quantitative estimate of drug-likeness (QED) is 0.825. The van der Waals surface area contributed by atoms with Gasteiger partial charge in [0.1, 0.15) is 5.82 Å². The molecule has 0 bridgehead atoms. The minimum Gasteiger partial charge on any atom is -0.493 e. The van der Waals surface area contributed by atoms with E-state index in [0.717, 1.165) is 6.07 Å². The molecule has 0 aliphatic heterocycles. The minimum atomic E-state index is -0.556. The summed E-state index contributed by atoms with van der Waals surface area (Å²) in [4.78, 5) is 23.9. The Bertz CT molecular complexity index is 813. The molecule has 0 aromatic heterocycles. The predicted molar refractivity (Wildman–Crippen MR) is 94.8 cm³/mol. The second kappa shape index (κ2) is 8.19. The number of ether oxygens (including phenoxy) is 3. The van der Waals surface area contributed by atoms with E-state index in [-0.39, 0.29) is 22.8 Å². The molecule has 0 saturated carbocycles. The van der Waals surface area contributed by atoms with Gasteiger partial charge in [0.25, 0.3) is 5.91 Å². The first-order valence-electron chi connectivity index (χ1n) is 7.58. The van der Waals surface area contributed by atoms with Gasteiger partial charge in [0.2, 0.25) is 11.7 Å². The lowest BCUT2D eigenvalue weighted by molar-refractivity contribution is -0.114. The third-order valence-corrected chi connectivity index (χ3v) is 3.47. The molecule has 2 aromatic rings. The van der Waals surface area contributed by atoms with E-state index in [1.165, 1.54) is 52.5 Å². The fraction of sp³-hybridized carbons (Fsp3) is 0.222. The Morgan fingerprint density at radius 2 is 1.50 bits per heavy atom. The van der Waals surface area contributed by atoms with Crippen LogP contribution in [0.2, 0.25) is 0 Å². The number of amides is 2. The maximum Gasteiger partial charge on any atom is 0.256 e. The zero-order chi connectivity index (χ0) is 19.3. The van der Waals surface area contributed by atoms with Crippen LogP contribution in [0.4, 0.5) is 15.8 Å². The van der Waals surface area contributed by atoms with Crippen LogP contribution in [0.25, 0.3) is 0 Å². The molecule has 7 nitrogen and oxygen atoms in total. The van der Waals surface area contributed by atoms with Crippen molar-refractivity contribution in [1.29, 1.82) is 0 Å². The fourth-order valence-electron chi connectivity index (χ4n) is 2.33.